The average molecular weight is 302 g/mol. The summed E-state index contributed by atoms with van der Waals surface area (Å²) in [5.74, 6) is 0.439. The SMILES string of the molecule is CCS(=O)(=O)N[C@@H](CC(C)C)C(=O)NCc1ccco1. The van der Waals surface area contributed by atoms with Crippen LogP contribution < -0.4 is 10.0 Å². The van der Waals surface area contributed by atoms with E-state index in [1.165, 1.54) is 13.2 Å². The molecule has 2 N–H and O–H groups in total. The van der Waals surface area contributed by atoms with Crippen molar-refractivity contribution in [3.8, 4) is 0 Å². The Hall–Kier alpha value is -1.34. The molecule has 1 atom stereocenters. The molecule has 0 saturated heterocycles. The van der Waals surface area contributed by atoms with Crippen molar-refractivity contribution in [2.45, 2.75) is 39.8 Å². The van der Waals surface area contributed by atoms with E-state index in [0.29, 0.717) is 12.2 Å². The maximum Gasteiger partial charge on any atom is 0.238 e. The lowest BCUT2D eigenvalue weighted by molar-refractivity contribution is -0.123. The summed E-state index contributed by atoms with van der Waals surface area (Å²) in [6.07, 6.45) is 1.97. The van der Waals surface area contributed by atoms with Crippen LogP contribution in [0.25, 0.3) is 0 Å². The highest BCUT2D eigenvalue weighted by Crippen LogP contribution is 2.07. The van der Waals surface area contributed by atoms with Crippen molar-refractivity contribution < 1.29 is 17.6 Å². The molecule has 0 fully saturated rings. The first kappa shape index (κ1) is 16.7. The molecule has 1 aromatic heterocycles. The number of furan rings is 1. The number of rotatable bonds is 8. The van der Waals surface area contributed by atoms with E-state index in [1.807, 2.05) is 13.8 Å². The van der Waals surface area contributed by atoms with Crippen LogP contribution in [-0.4, -0.2) is 26.1 Å². The fourth-order valence-corrected chi connectivity index (χ4v) is 2.49. The van der Waals surface area contributed by atoms with Crippen LogP contribution in [0.4, 0.5) is 0 Å². The van der Waals surface area contributed by atoms with Gasteiger partial charge in [-0.05, 0) is 31.4 Å². The molecular formula is C13H22N2O4S. The van der Waals surface area contributed by atoms with Gasteiger partial charge in [0.15, 0.2) is 0 Å². The van der Waals surface area contributed by atoms with E-state index in [2.05, 4.69) is 10.0 Å². The van der Waals surface area contributed by atoms with Crippen molar-refractivity contribution in [2.24, 2.45) is 5.92 Å². The Bertz CT molecular complexity index is 508. The smallest absolute Gasteiger partial charge is 0.238 e. The van der Waals surface area contributed by atoms with Gasteiger partial charge in [0.05, 0.1) is 18.6 Å². The van der Waals surface area contributed by atoms with Gasteiger partial charge in [-0.2, -0.15) is 0 Å². The molecule has 0 aromatic carbocycles. The lowest BCUT2D eigenvalue weighted by Gasteiger charge is -2.19. The van der Waals surface area contributed by atoms with E-state index >= 15 is 0 Å². The van der Waals surface area contributed by atoms with E-state index in [1.54, 1.807) is 12.1 Å². The third kappa shape index (κ3) is 5.75. The van der Waals surface area contributed by atoms with E-state index < -0.39 is 16.1 Å². The standard InChI is InChI=1S/C13H22N2O4S/c1-4-20(17,18)15-12(8-10(2)3)13(16)14-9-11-6-5-7-19-11/h5-7,10,12,15H,4,8-9H2,1-3H3,(H,14,16)/t12-/m0/s1. The Balaban J connectivity index is 2.64. The first-order valence-corrected chi connectivity index (χ1v) is 8.29. The maximum absolute atomic E-state index is 12.1. The first-order chi connectivity index (χ1) is 9.34. The summed E-state index contributed by atoms with van der Waals surface area (Å²) in [6, 6.07) is 2.72. The Labute approximate surface area is 120 Å². The predicted molar refractivity (Wildman–Crippen MR) is 76.4 cm³/mol. The molecule has 7 heteroatoms. The minimum absolute atomic E-state index is 0.0486. The Morgan fingerprint density at radius 2 is 2.10 bits per heavy atom. The molecule has 0 unspecified atom stereocenters. The second kappa shape index (κ2) is 7.44. The van der Waals surface area contributed by atoms with Crippen molar-refractivity contribution in [2.75, 3.05) is 5.75 Å². The summed E-state index contributed by atoms with van der Waals surface area (Å²) in [4.78, 5) is 12.1. The Kier molecular flexibility index (Phi) is 6.22. The number of hydrogen-bond acceptors (Lipinski definition) is 4. The molecule has 6 nitrogen and oxygen atoms in total. The normalized spacial score (nSPS) is 13.4. The molecule has 0 aliphatic carbocycles. The van der Waals surface area contributed by atoms with Crippen LogP contribution in [-0.2, 0) is 21.4 Å². The summed E-state index contributed by atoms with van der Waals surface area (Å²) in [5, 5.41) is 2.68. The Morgan fingerprint density at radius 3 is 2.60 bits per heavy atom. The molecule has 0 saturated carbocycles. The van der Waals surface area contributed by atoms with Gasteiger partial charge in [0, 0.05) is 0 Å². The largest absolute Gasteiger partial charge is 0.467 e. The van der Waals surface area contributed by atoms with Crippen LogP contribution in [0.3, 0.4) is 0 Å². The summed E-state index contributed by atoms with van der Waals surface area (Å²) >= 11 is 0. The number of sulfonamides is 1. The molecule has 20 heavy (non-hydrogen) atoms. The van der Waals surface area contributed by atoms with Gasteiger partial charge in [0.25, 0.3) is 0 Å². The van der Waals surface area contributed by atoms with Gasteiger partial charge in [-0.1, -0.05) is 13.8 Å². The minimum atomic E-state index is -3.42. The molecule has 0 radical (unpaired) electrons. The molecular weight excluding hydrogens is 280 g/mol. The zero-order valence-electron chi connectivity index (χ0n) is 12.0. The predicted octanol–water partition coefficient (Wildman–Crippen LogP) is 1.25. The topological polar surface area (TPSA) is 88.4 Å². The van der Waals surface area contributed by atoms with E-state index in [9.17, 15) is 13.2 Å². The van der Waals surface area contributed by atoms with Gasteiger partial charge in [-0.25, -0.2) is 13.1 Å². The molecule has 0 bridgehead atoms. The number of amides is 1. The monoisotopic (exact) mass is 302 g/mol. The van der Waals surface area contributed by atoms with Gasteiger partial charge < -0.3 is 9.73 Å². The van der Waals surface area contributed by atoms with Gasteiger partial charge >= 0.3 is 0 Å². The van der Waals surface area contributed by atoms with Gasteiger partial charge in [0.1, 0.15) is 11.8 Å². The fraction of sp³-hybridized carbons (Fsp3) is 0.615. The first-order valence-electron chi connectivity index (χ1n) is 6.64. The van der Waals surface area contributed by atoms with Gasteiger partial charge in [-0.3, -0.25) is 4.79 Å². The Morgan fingerprint density at radius 1 is 1.40 bits per heavy atom. The van der Waals surface area contributed by atoms with Crippen LogP contribution in [0.2, 0.25) is 0 Å². The van der Waals surface area contributed by atoms with Crippen molar-refractivity contribution in [3.63, 3.8) is 0 Å². The van der Waals surface area contributed by atoms with E-state index in [0.717, 1.165) is 0 Å². The fourth-order valence-electron chi connectivity index (χ4n) is 1.69. The minimum Gasteiger partial charge on any atom is -0.467 e. The van der Waals surface area contributed by atoms with Crippen molar-refractivity contribution in [1.82, 2.24) is 10.0 Å². The van der Waals surface area contributed by atoms with Crippen molar-refractivity contribution in [1.29, 1.82) is 0 Å². The lowest BCUT2D eigenvalue weighted by Crippen LogP contribution is -2.47. The van der Waals surface area contributed by atoms with Crippen LogP contribution in [0.1, 0.15) is 33.0 Å². The quantitative estimate of drug-likeness (QED) is 0.756. The molecule has 1 aromatic rings. The van der Waals surface area contributed by atoms with E-state index in [-0.39, 0.29) is 24.1 Å². The van der Waals surface area contributed by atoms with Crippen molar-refractivity contribution in [3.05, 3.63) is 24.2 Å². The summed E-state index contributed by atoms with van der Waals surface area (Å²) in [6.45, 7) is 5.66. The summed E-state index contributed by atoms with van der Waals surface area (Å²) in [5.41, 5.74) is 0. The summed E-state index contributed by atoms with van der Waals surface area (Å²) in [7, 11) is -3.42. The van der Waals surface area contributed by atoms with Crippen molar-refractivity contribution >= 4 is 15.9 Å². The molecule has 1 heterocycles. The zero-order valence-corrected chi connectivity index (χ0v) is 12.9. The highest BCUT2D eigenvalue weighted by atomic mass is 32.2. The van der Waals surface area contributed by atoms with Crippen LogP contribution >= 0.6 is 0 Å². The molecule has 1 amide bonds. The second-order valence-electron chi connectivity index (χ2n) is 5.00. The highest BCUT2D eigenvalue weighted by Gasteiger charge is 2.24. The zero-order chi connectivity index (χ0) is 15.2. The van der Waals surface area contributed by atoms with Gasteiger partial charge in [0.2, 0.25) is 15.9 Å². The second-order valence-corrected chi connectivity index (χ2v) is 7.04. The molecule has 0 spiro atoms. The summed E-state index contributed by atoms with van der Waals surface area (Å²) < 4.78 is 30.8. The molecule has 114 valence electrons. The average Bonchev–Trinajstić information content (AvgIpc) is 2.87. The molecule has 0 aliphatic rings. The highest BCUT2D eigenvalue weighted by molar-refractivity contribution is 7.89. The number of carbonyl (C=O) groups is 1. The van der Waals surface area contributed by atoms with Crippen LogP contribution in [0, 0.1) is 5.92 Å². The molecule has 1 rings (SSSR count). The number of nitrogens with one attached hydrogen (secondary N) is 2. The maximum atomic E-state index is 12.1. The third-order valence-corrected chi connectivity index (χ3v) is 4.15. The lowest BCUT2D eigenvalue weighted by atomic mass is 10.0. The van der Waals surface area contributed by atoms with Crippen LogP contribution in [0.15, 0.2) is 22.8 Å². The van der Waals surface area contributed by atoms with Crippen LogP contribution in [0.5, 0.6) is 0 Å². The van der Waals surface area contributed by atoms with E-state index in [4.69, 9.17) is 4.42 Å². The number of carbonyl (C=O) groups excluding carboxylic acids is 1. The third-order valence-electron chi connectivity index (χ3n) is 2.74. The molecule has 0 aliphatic heterocycles. The van der Waals surface area contributed by atoms with Gasteiger partial charge in [-0.15, -0.1) is 0 Å². The number of hydrogen-bond donors (Lipinski definition) is 2.